The van der Waals surface area contributed by atoms with E-state index in [-0.39, 0.29) is 0 Å². The zero-order chi connectivity index (χ0) is 16.7. The van der Waals surface area contributed by atoms with Crippen LogP contribution < -0.4 is 10.1 Å². The molecule has 0 bridgehead atoms. The molecule has 2 aromatic rings. The van der Waals surface area contributed by atoms with Gasteiger partial charge in [0.25, 0.3) is 0 Å². The van der Waals surface area contributed by atoms with Crippen molar-refractivity contribution in [2.45, 2.75) is 58.3 Å². The Balaban J connectivity index is 1.50. The van der Waals surface area contributed by atoms with Crippen LogP contribution in [0.15, 0.2) is 24.3 Å². The molecule has 3 heterocycles. The molecule has 1 aromatic carbocycles. The van der Waals surface area contributed by atoms with E-state index in [4.69, 9.17) is 4.74 Å². The van der Waals surface area contributed by atoms with Crippen molar-refractivity contribution in [1.29, 1.82) is 0 Å². The van der Waals surface area contributed by atoms with Gasteiger partial charge >= 0.3 is 0 Å². The van der Waals surface area contributed by atoms with E-state index < -0.39 is 0 Å². The molecule has 1 N–H and O–H groups in total. The van der Waals surface area contributed by atoms with Gasteiger partial charge in [-0.3, -0.25) is 0 Å². The Morgan fingerprint density at radius 1 is 1.17 bits per heavy atom. The Kier molecular flexibility index (Phi) is 4.27. The van der Waals surface area contributed by atoms with Gasteiger partial charge in [-0.2, -0.15) is 0 Å². The summed E-state index contributed by atoms with van der Waals surface area (Å²) in [6.45, 7) is 11.1. The Morgan fingerprint density at radius 3 is 2.71 bits per heavy atom. The van der Waals surface area contributed by atoms with Crippen LogP contribution in [0.2, 0.25) is 0 Å². The van der Waals surface area contributed by atoms with Crippen LogP contribution in [0.25, 0.3) is 10.9 Å². The van der Waals surface area contributed by atoms with Crippen LogP contribution in [-0.2, 0) is 6.54 Å². The lowest BCUT2D eigenvalue weighted by atomic mass is 10.1. The summed E-state index contributed by atoms with van der Waals surface area (Å²) in [7, 11) is 0. The van der Waals surface area contributed by atoms with Crippen LogP contribution in [0.5, 0.6) is 5.75 Å². The van der Waals surface area contributed by atoms with Gasteiger partial charge in [0.1, 0.15) is 11.9 Å². The predicted molar refractivity (Wildman–Crippen MR) is 98.7 cm³/mol. The van der Waals surface area contributed by atoms with Crippen LogP contribution in [0.1, 0.15) is 45.3 Å². The molecule has 0 radical (unpaired) electrons. The van der Waals surface area contributed by atoms with Crippen LogP contribution in [0.4, 0.5) is 0 Å². The van der Waals surface area contributed by atoms with Gasteiger partial charge in [0.15, 0.2) is 0 Å². The first-order valence-electron chi connectivity index (χ1n) is 9.37. The van der Waals surface area contributed by atoms with Gasteiger partial charge in [-0.1, -0.05) is 0 Å². The number of ether oxygens (including phenoxy) is 1. The zero-order valence-electron chi connectivity index (χ0n) is 15.1. The molecule has 4 heteroatoms. The molecule has 1 aromatic heterocycles. The van der Waals surface area contributed by atoms with Crippen molar-refractivity contribution in [3.05, 3.63) is 30.0 Å². The summed E-state index contributed by atoms with van der Waals surface area (Å²) in [5, 5.41) is 4.79. The molecule has 4 rings (SSSR count). The first kappa shape index (κ1) is 16.0. The number of nitrogens with zero attached hydrogens (tertiary/aromatic N) is 2. The average molecular weight is 327 g/mol. The van der Waals surface area contributed by atoms with E-state index >= 15 is 0 Å². The van der Waals surface area contributed by atoms with Gasteiger partial charge in [-0.25, -0.2) is 0 Å². The monoisotopic (exact) mass is 327 g/mol. The minimum atomic E-state index is 0.357. The summed E-state index contributed by atoms with van der Waals surface area (Å²) in [5.41, 5.74) is 2.71. The molecule has 0 amide bonds. The van der Waals surface area contributed by atoms with E-state index in [0.29, 0.717) is 18.2 Å². The highest BCUT2D eigenvalue weighted by molar-refractivity contribution is 5.83. The van der Waals surface area contributed by atoms with E-state index in [1.165, 1.54) is 16.6 Å². The number of hydrogen-bond donors (Lipinski definition) is 1. The fourth-order valence-corrected chi connectivity index (χ4v) is 4.20. The molecule has 130 valence electrons. The van der Waals surface area contributed by atoms with E-state index in [1.807, 2.05) is 0 Å². The number of rotatable bonds is 3. The molecule has 1 atom stereocenters. The molecule has 4 nitrogen and oxygen atoms in total. The molecule has 2 aliphatic rings. The lowest BCUT2D eigenvalue weighted by Crippen LogP contribution is -2.41. The summed E-state index contributed by atoms with van der Waals surface area (Å²) in [6, 6.07) is 10.1. The Hall–Kier alpha value is -1.52. The molecule has 0 unspecified atom stereocenters. The summed E-state index contributed by atoms with van der Waals surface area (Å²) in [6.07, 6.45) is 2.61. The maximum atomic E-state index is 6.30. The third kappa shape index (κ3) is 2.93. The van der Waals surface area contributed by atoms with Crippen molar-refractivity contribution in [2.24, 2.45) is 0 Å². The lowest BCUT2D eigenvalue weighted by molar-refractivity contribution is 0.0844. The SMILES string of the molecule is CC(C)N1CCC(Oc2ccc3c(c2)cc2n3[C@@H](C)CNC2)CC1. The van der Waals surface area contributed by atoms with Crippen molar-refractivity contribution in [1.82, 2.24) is 14.8 Å². The summed E-state index contributed by atoms with van der Waals surface area (Å²) in [4.78, 5) is 2.54. The number of benzene rings is 1. The van der Waals surface area contributed by atoms with Crippen LogP contribution in [0.3, 0.4) is 0 Å². The molecule has 2 aliphatic heterocycles. The quantitative estimate of drug-likeness (QED) is 0.935. The highest BCUT2D eigenvalue weighted by Crippen LogP contribution is 2.30. The minimum absolute atomic E-state index is 0.357. The molecule has 24 heavy (non-hydrogen) atoms. The first-order chi connectivity index (χ1) is 11.6. The second-order valence-corrected chi connectivity index (χ2v) is 7.65. The molecule has 0 saturated carbocycles. The number of fused-ring (bicyclic) bond motifs is 3. The van der Waals surface area contributed by atoms with Gasteiger partial charge in [-0.05, 0) is 57.9 Å². The fourth-order valence-electron chi connectivity index (χ4n) is 4.20. The van der Waals surface area contributed by atoms with Gasteiger partial charge in [0.2, 0.25) is 0 Å². The smallest absolute Gasteiger partial charge is 0.120 e. The van der Waals surface area contributed by atoms with Gasteiger partial charge in [0.05, 0.1) is 0 Å². The Labute approximate surface area is 144 Å². The van der Waals surface area contributed by atoms with Crippen molar-refractivity contribution in [2.75, 3.05) is 19.6 Å². The maximum absolute atomic E-state index is 6.30. The highest BCUT2D eigenvalue weighted by atomic mass is 16.5. The molecule has 1 fully saturated rings. The number of hydrogen-bond acceptors (Lipinski definition) is 3. The molecule has 0 spiro atoms. The number of likely N-dealkylation sites (tertiary alicyclic amines) is 1. The van der Waals surface area contributed by atoms with Gasteiger partial charge < -0.3 is 19.5 Å². The van der Waals surface area contributed by atoms with E-state index in [9.17, 15) is 0 Å². The largest absolute Gasteiger partial charge is 0.490 e. The normalized spacial score (nSPS) is 22.9. The predicted octanol–water partition coefficient (Wildman–Crippen LogP) is 3.56. The van der Waals surface area contributed by atoms with E-state index in [1.54, 1.807) is 0 Å². The van der Waals surface area contributed by atoms with Crippen LogP contribution in [-0.4, -0.2) is 41.2 Å². The topological polar surface area (TPSA) is 29.4 Å². The molecular formula is C20H29N3O. The third-order valence-corrected chi connectivity index (χ3v) is 5.59. The number of piperidine rings is 1. The van der Waals surface area contributed by atoms with Crippen molar-refractivity contribution in [3.8, 4) is 5.75 Å². The summed E-state index contributed by atoms with van der Waals surface area (Å²) in [5.74, 6) is 1.02. The first-order valence-corrected chi connectivity index (χ1v) is 9.37. The summed E-state index contributed by atoms with van der Waals surface area (Å²) < 4.78 is 8.77. The molecular weight excluding hydrogens is 298 g/mol. The second-order valence-electron chi connectivity index (χ2n) is 7.65. The average Bonchev–Trinajstić information content (AvgIpc) is 2.94. The van der Waals surface area contributed by atoms with Crippen LogP contribution >= 0.6 is 0 Å². The second kappa shape index (κ2) is 6.41. The van der Waals surface area contributed by atoms with Crippen molar-refractivity contribution < 1.29 is 4.74 Å². The van der Waals surface area contributed by atoms with Gasteiger partial charge in [-0.15, -0.1) is 0 Å². The number of nitrogens with one attached hydrogen (secondary N) is 1. The van der Waals surface area contributed by atoms with Gasteiger partial charge in [0, 0.05) is 54.9 Å². The highest BCUT2D eigenvalue weighted by Gasteiger charge is 2.23. The molecule has 0 aliphatic carbocycles. The lowest BCUT2D eigenvalue weighted by Gasteiger charge is -2.34. The minimum Gasteiger partial charge on any atom is -0.490 e. The zero-order valence-corrected chi connectivity index (χ0v) is 15.1. The van der Waals surface area contributed by atoms with Crippen LogP contribution in [0, 0.1) is 0 Å². The molecule has 1 saturated heterocycles. The summed E-state index contributed by atoms with van der Waals surface area (Å²) >= 11 is 0. The third-order valence-electron chi connectivity index (χ3n) is 5.59. The standard InChI is InChI=1S/C20H29N3O/c1-14(2)22-8-6-18(7-9-22)24-19-4-5-20-16(11-19)10-17-13-21-12-15(3)23(17)20/h4-5,10-11,14-15,18,21H,6-9,12-13H2,1-3H3/t15-/m0/s1. The Morgan fingerprint density at radius 2 is 1.96 bits per heavy atom. The van der Waals surface area contributed by atoms with E-state index in [0.717, 1.165) is 44.8 Å². The number of aromatic nitrogens is 1. The Bertz CT molecular complexity index is 713. The van der Waals surface area contributed by atoms with E-state index in [2.05, 4.69) is 59.8 Å². The van der Waals surface area contributed by atoms with Crippen molar-refractivity contribution in [3.63, 3.8) is 0 Å². The maximum Gasteiger partial charge on any atom is 0.120 e. The fraction of sp³-hybridized carbons (Fsp3) is 0.600. The van der Waals surface area contributed by atoms with Crippen molar-refractivity contribution >= 4 is 10.9 Å².